The summed E-state index contributed by atoms with van der Waals surface area (Å²) in [5, 5.41) is 0. The van der Waals surface area contributed by atoms with E-state index in [1.807, 2.05) is 36.4 Å². The van der Waals surface area contributed by atoms with E-state index in [9.17, 15) is 4.79 Å². The van der Waals surface area contributed by atoms with Crippen molar-refractivity contribution in [2.24, 2.45) is 11.8 Å². The largest absolute Gasteiger partial charge is 0.496 e. The number of carbonyl (C=O) groups is 1. The maximum absolute atomic E-state index is 14.4. The third-order valence-corrected chi connectivity index (χ3v) is 7.25. The number of likely N-dealkylation sites (tertiary alicyclic amines) is 1. The van der Waals surface area contributed by atoms with Gasteiger partial charge in [0.1, 0.15) is 5.75 Å². The Morgan fingerprint density at radius 1 is 1.23 bits per heavy atom. The Labute approximate surface area is 212 Å². The lowest BCUT2D eigenvalue weighted by molar-refractivity contribution is 0.0502. The molecule has 1 aromatic rings. The average molecular weight is 478 g/mol. The number of ether oxygens (including phenoxy) is 2. The minimum absolute atomic E-state index is 0.0430. The molecule has 190 valence electrons. The minimum atomic E-state index is -0.296. The number of allylic oxidation sites excluding steroid dienone is 3. The minimum Gasteiger partial charge on any atom is -0.496 e. The molecular formula is C31H43NO3. The van der Waals surface area contributed by atoms with Gasteiger partial charge in [0.2, 0.25) is 0 Å². The number of methoxy groups -OCH3 is 2. The maximum atomic E-state index is 14.4. The molecule has 0 N–H and O–H groups in total. The van der Waals surface area contributed by atoms with Gasteiger partial charge < -0.3 is 14.4 Å². The van der Waals surface area contributed by atoms with Crippen molar-refractivity contribution in [3.63, 3.8) is 0 Å². The molecule has 4 heteroatoms. The lowest BCUT2D eigenvalue weighted by Crippen LogP contribution is -2.51. The number of rotatable bonds is 7. The van der Waals surface area contributed by atoms with Crippen molar-refractivity contribution in [2.75, 3.05) is 20.8 Å². The molecule has 0 unspecified atom stereocenters. The van der Waals surface area contributed by atoms with Crippen LogP contribution in [0.4, 0.5) is 0 Å². The van der Waals surface area contributed by atoms with Crippen LogP contribution < -0.4 is 4.74 Å². The first-order chi connectivity index (χ1) is 16.4. The highest BCUT2D eigenvalue weighted by molar-refractivity contribution is 5.96. The Hall–Kier alpha value is -2.55. The Morgan fingerprint density at radius 2 is 1.94 bits per heavy atom. The standard InChI is InChI=1S/C31H43NO3/c1-21(2)18-31(7)19-24(20-34-8)28(25-14-12-10-11-13-22(25)3)32(31)29(33)23-15-16-26(30(4,5)6)27(17-23)35-9/h10-12,14-17,21,24,28H,18-20H2,1-9H3/t24-,28-,31+/m1/s1. The Kier molecular flexibility index (Phi) is 8.19. The molecule has 1 aromatic carbocycles. The number of carbonyl (C=O) groups excluding carboxylic acids is 1. The van der Waals surface area contributed by atoms with Gasteiger partial charge in [0, 0.05) is 24.1 Å². The summed E-state index contributed by atoms with van der Waals surface area (Å²) in [5.41, 5.74) is 6.96. The quantitative estimate of drug-likeness (QED) is 0.402. The number of benzene rings is 1. The van der Waals surface area contributed by atoms with Gasteiger partial charge in [-0.2, -0.15) is 0 Å². The van der Waals surface area contributed by atoms with Crippen LogP contribution in [0.2, 0.25) is 0 Å². The normalized spacial score (nSPS) is 24.5. The molecule has 0 bridgehead atoms. The van der Waals surface area contributed by atoms with E-state index in [4.69, 9.17) is 9.47 Å². The molecule has 1 fully saturated rings. The van der Waals surface area contributed by atoms with Gasteiger partial charge in [-0.05, 0) is 72.9 Å². The zero-order valence-corrected chi connectivity index (χ0v) is 23.1. The van der Waals surface area contributed by atoms with E-state index in [0.717, 1.165) is 35.3 Å². The third kappa shape index (κ3) is 5.66. The van der Waals surface area contributed by atoms with Gasteiger partial charge in [0.25, 0.3) is 5.91 Å². The Balaban J connectivity index is 2.17. The first kappa shape index (κ1) is 27.0. The van der Waals surface area contributed by atoms with Crippen molar-refractivity contribution in [2.45, 2.75) is 78.3 Å². The number of amides is 1. The summed E-state index contributed by atoms with van der Waals surface area (Å²) >= 11 is 0. The Morgan fingerprint density at radius 3 is 2.54 bits per heavy atom. The summed E-state index contributed by atoms with van der Waals surface area (Å²) in [5.74, 6) is 1.45. The zero-order valence-electron chi connectivity index (χ0n) is 23.1. The van der Waals surface area contributed by atoms with E-state index in [1.54, 1.807) is 14.2 Å². The van der Waals surface area contributed by atoms with Crippen LogP contribution in [0.15, 0.2) is 59.4 Å². The number of nitrogens with zero attached hydrogens (tertiary/aromatic N) is 1. The van der Waals surface area contributed by atoms with Crippen LogP contribution in [-0.4, -0.2) is 43.2 Å². The van der Waals surface area contributed by atoms with Crippen LogP contribution >= 0.6 is 0 Å². The van der Waals surface area contributed by atoms with Crippen LogP contribution in [0.1, 0.15) is 77.2 Å². The molecule has 1 aliphatic heterocycles. The molecule has 2 aliphatic rings. The molecule has 1 heterocycles. The van der Waals surface area contributed by atoms with Crippen LogP contribution in [0, 0.1) is 11.8 Å². The van der Waals surface area contributed by atoms with Crippen LogP contribution in [0.3, 0.4) is 0 Å². The van der Waals surface area contributed by atoms with Crippen molar-refractivity contribution in [3.8, 4) is 5.75 Å². The van der Waals surface area contributed by atoms with E-state index in [1.165, 1.54) is 0 Å². The predicted octanol–water partition coefficient (Wildman–Crippen LogP) is 6.87. The van der Waals surface area contributed by atoms with Gasteiger partial charge >= 0.3 is 0 Å². The second-order valence-corrected chi connectivity index (χ2v) is 11.7. The van der Waals surface area contributed by atoms with Gasteiger partial charge in [-0.15, -0.1) is 5.73 Å². The summed E-state index contributed by atoms with van der Waals surface area (Å²) in [4.78, 5) is 16.6. The van der Waals surface area contributed by atoms with E-state index in [0.29, 0.717) is 18.1 Å². The van der Waals surface area contributed by atoms with Crippen molar-refractivity contribution < 1.29 is 14.3 Å². The van der Waals surface area contributed by atoms with Gasteiger partial charge in [0.15, 0.2) is 0 Å². The van der Waals surface area contributed by atoms with Crippen LogP contribution in [0.5, 0.6) is 5.75 Å². The summed E-state index contributed by atoms with van der Waals surface area (Å²) in [6.07, 6.45) is 9.94. The molecule has 0 radical (unpaired) electrons. The summed E-state index contributed by atoms with van der Waals surface area (Å²) in [6.45, 7) is 15.9. The molecule has 35 heavy (non-hydrogen) atoms. The average Bonchev–Trinajstić information content (AvgIpc) is 2.89. The molecule has 1 aliphatic carbocycles. The second kappa shape index (κ2) is 10.6. The van der Waals surface area contributed by atoms with E-state index >= 15 is 0 Å². The maximum Gasteiger partial charge on any atom is 0.254 e. The van der Waals surface area contributed by atoms with Gasteiger partial charge in [-0.1, -0.05) is 58.9 Å². The predicted molar refractivity (Wildman–Crippen MR) is 144 cm³/mol. The lowest BCUT2D eigenvalue weighted by Gasteiger charge is -2.41. The van der Waals surface area contributed by atoms with E-state index < -0.39 is 0 Å². The molecule has 3 rings (SSSR count). The fourth-order valence-electron chi connectivity index (χ4n) is 6.01. The fraction of sp³-hybridized carbons (Fsp3) is 0.548. The molecule has 1 amide bonds. The Bertz CT molecular complexity index is 1070. The monoisotopic (exact) mass is 477 g/mol. The first-order valence-electron chi connectivity index (χ1n) is 12.7. The highest BCUT2D eigenvalue weighted by atomic mass is 16.5. The topological polar surface area (TPSA) is 38.8 Å². The van der Waals surface area contributed by atoms with Crippen LogP contribution in [0.25, 0.3) is 0 Å². The number of hydrogen-bond acceptors (Lipinski definition) is 3. The molecule has 0 saturated carbocycles. The summed E-state index contributed by atoms with van der Waals surface area (Å²) < 4.78 is 11.4. The smallest absolute Gasteiger partial charge is 0.254 e. The molecule has 0 aromatic heterocycles. The zero-order chi connectivity index (χ0) is 26.0. The van der Waals surface area contributed by atoms with Crippen molar-refractivity contribution in [1.82, 2.24) is 4.90 Å². The summed E-state index contributed by atoms with van der Waals surface area (Å²) in [6, 6.07) is 5.84. The molecular weight excluding hydrogens is 434 g/mol. The van der Waals surface area contributed by atoms with E-state index in [2.05, 4.69) is 65.2 Å². The van der Waals surface area contributed by atoms with E-state index in [-0.39, 0.29) is 28.8 Å². The van der Waals surface area contributed by atoms with Crippen LogP contribution in [-0.2, 0) is 10.2 Å². The van der Waals surface area contributed by atoms with Gasteiger partial charge in [-0.3, -0.25) is 4.79 Å². The molecule has 3 atom stereocenters. The third-order valence-electron chi connectivity index (χ3n) is 7.25. The SMILES string of the molecule is COC[C@H]1C[C@](C)(CC(C)C)N(C(=O)c2ccc(C(C)(C)C)c(OC)c2)[C@H]1C1=CC=CC=C=C1C. The first-order valence-corrected chi connectivity index (χ1v) is 12.7. The van der Waals surface area contributed by atoms with Crippen molar-refractivity contribution >= 4 is 5.91 Å². The van der Waals surface area contributed by atoms with Crippen molar-refractivity contribution in [1.29, 1.82) is 0 Å². The molecule has 0 spiro atoms. The lowest BCUT2D eigenvalue weighted by atomic mass is 9.84. The van der Waals surface area contributed by atoms with Gasteiger partial charge in [0.05, 0.1) is 19.8 Å². The highest BCUT2D eigenvalue weighted by Gasteiger charge is 2.52. The van der Waals surface area contributed by atoms with Crippen molar-refractivity contribution in [3.05, 3.63) is 70.5 Å². The summed E-state index contributed by atoms with van der Waals surface area (Å²) in [7, 11) is 3.43. The molecule has 4 nitrogen and oxygen atoms in total. The second-order valence-electron chi connectivity index (χ2n) is 11.7. The fourth-order valence-corrected chi connectivity index (χ4v) is 6.01. The molecule has 1 saturated heterocycles. The van der Waals surface area contributed by atoms with Gasteiger partial charge in [-0.25, -0.2) is 0 Å². The number of hydrogen-bond donors (Lipinski definition) is 0. The highest BCUT2D eigenvalue weighted by Crippen LogP contribution is 2.47.